The lowest BCUT2D eigenvalue weighted by Crippen LogP contribution is -2.07. The Morgan fingerprint density at radius 2 is 1.80 bits per heavy atom. The molecule has 1 aromatic carbocycles. The number of aryl methyl sites for hydroxylation is 1. The van der Waals surface area contributed by atoms with Crippen molar-refractivity contribution in [2.45, 2.75) is 20.0 Å². The van der Waals surface area contributed by atoms with Crippen molar-refractivity contribution in [1.82, 2.24) is 15.0 Å². The molecule has 0 aliphatic carbocycles. The molecule has 0 bridgehead atoms. The molecule has 3 aromatic rings. The predicted molar refractivity (Wildman–Crippen MR) is 95.5 cm³/mol. The Morgan fingerprint density at radius 1 is 1.08 bits per heavy atom. The van der Waals surface area contributed by atoms with Gasteiger partial charge in [-0.05, 0) is 32.0 Å². The first-order chi connectivity index (χ1) is 12.0. The molecule has 2 heterocycles. The number of halogens is 3. The first kappa shape index (κ1) is 17.6. The summed E-state index contributed by atoms with van der Waals surface area (Å²) in [6, 6.07) is 4.52. The Kier molecular flexibility index (Phi) is 5.16. The van der Waals surface area contributed by atoms with Crippen LogP contribution in [0.25, 0.3) is 11.1 Å². The second-order valence-electron chi connectivity index (χ2n) is 5.45. The maximum absolute atomic E-state index is 13.8. The maximum atomic E-state index is 13.8. The summed E-state index contributed by atoms with van der Waals surface area (Å²) in [5.74, 6) is 0.00629. The molecule has 3 rings (SSSR count). The van der Waals surface area contributed by atoms with E-state index in [-0.39, 0.29) is 5.02 Å². The molecule has 0 aliphatic heterocycles. The Hall–Kier alpha value is -2.24. The third kappa shape index (κ3) is 3.72. The fourth-order valence-electron chi connectivity index (χ4n) is 2.40. The van der Waals surface area contributed by atoms with Crippen LogP contribution in [0.5, 0.6) is 5.75 Å². The summed E-state index contributed by atoms with van der Waals surface area (Å²) in [6.07, 6.45) is 5.99. The summed E-state index contributed by atoms with van der Waals surface area (Å²) in [4.78, 5) is 12.3. The summed E-state index contributed by atoms with van der Waals surface area (Å²) in [7, 11) is 0. The maximum Gasteiger partial charge on any atom is 0.142 e. The number of pyridine rings is 1. The molecule has 0 saturated heterocycles. The highest BCUT2D eigenvalue weighted by molar-refractivity contribution is 6.36. The van der Waals surface area contributed by atoms with Gasteiger partial charge < -0.3 is 4.74 Å². The number of hydrogen-bond donors (Lipinski definition) is 0. The minimum Gasteiger partial charge on any atom is -0.484 e. The molecule has 0 radical (unpaired) electrons. The van der Waals surface area contributed by atoms with Gasteiger partial charge in [0, 0.05) is 40.3 Å². The number of aromatic nitrogens is 3. The van der Waals surface area contributed by atoms with Crippen LogP contribution in [0.2, 0.25) is 10.0 Å². The lowest BCUT2D eigenvalue weighted by Gasteiger charge is -2.19. The van der Waals surface area contributed by atoms with E-state index >= 15 is 0 Å². The minimum absolute atomic E-state index is 0.0433. The van der Waals surface area contributed by atoms with Gasteiger partial charge in [0.15, 0.2) is 0 Å². The summed E-state index contributed by atoms with van der Waals surface area (Å²) in [5.41, 5.74) is 2.71. The van der Waals surface area contributed by atoms with Crippen LogP contribution in [-0.2, 0) is 0 Å². The van der Waals surface area contributed by atoms with Crippen LogP contribution in [-0.4, -0.2) is 15.0 Å². The van der Waals surface area contributed by atoms with Crippen molar-refractivity contribution in [3.05, 3.63) is 70.2 Å². The summed E-state index contributed by atoms with van der Waals surface area (Å²) >= 11 is 12.2. The van der Waals surface area contributed by atoms with E-state index in [2.05, 4.69) is 15.0 Å². The van der Waals surface area contributed by atoms with Gasteiger partial charge in [-0.2, -0.15) is 0 Å². The van der Waals surface area contributed by atoms with E-state index in [1.54, 1.807) is 25.5 Å². The zero-order chi connectivity index (χ0) is 18.0. The fraction of sp³-hybridized carbons (Fsp3) is 0.167. The Labute approximate surface area is 154 Å². The first-order valence-electron chi connectivity index (χ1n) is 7.49. The van der Waals surface area contributed by atoms with Gasteiger partial charge in [-0.15, -0.1) is 0 Å². The molecule has 1 atom stereocenters. The zero-order valence-corrected chi connectivity index (χ0v) is 15.0. The van der Waals surface area contributed by atoms with Crippen molar-refractivity contribution < 1.29 is 9.13 Å². The van der Waals surface area contributed by atoms with Crippen LogP contribution in [0.3, 0.4) is 0 Å². The van der Waals surface area contributed by atoms with Crippen molar-refractivity contribution >= 4 is 23.2 Å². The molecule has 0 spiro atoms. The highest BCUT2D eigenvalue weighted by atomic mass is 35.5. The molecular formula is C18H14Cl2FN3O. The van der Waals surface area contributed by atoms with Crippen molar-refractivity contribution in [3.8, 4) is 16.9 Å². The monoisotopic (exact) mass is 377 g/mol. The number of nitrogens with zero attached hydrogens (tertiary/aromatic N) is 3. The van der Waals surface area contributed by atoms with E-state index in [9.17, 15) is 4.39 Å². The zero-order valence-electron chi connectivity index (χ0n) is 13.5. The molecule has 0 saturated carbocycles. The van der Waals surface area contributed by atoms with Crippen LogP contribution < -0.4 is 4.74 Å². The highest BCUT2D eigenvalue weighted by Crippen LogP contribution is 2.36. The molecule has 0 fully saturated rings. The Morgan fingerprint density at radius 3 is 2.52 bits per heavy atom. The van der Waals surface area contributed by atoms with Crippen molar-refractivity contribution in [2.75, 3.05) is 0 Å². The molecule has 0 unspecified atom stereocenters. The van der Waals surface area contributed by atoms with Gasteiger partial charge in [-0.25, -0.2) is 14.4 Å². The lowest BCUT2D eigenvalue weighted by molar-refractivity contribution is 0.224. The molecule has 7 heteroatoms. The van der Waals surface area contributed by atoms with Gasteiger partial charge in [0.1, 0.15) is 24.0 Å². The van der Waals surface area contributed by atoms with Gasteiger partial charge >= 0.3 is 0 Å². The van der Waals surface area contributed by atoms with Crippen LogP contribution >= 0.6 is 23.2 Å². The summed E-state index contributed by atoms with van der Waals surface area (Å²) in [6.45, 7) is 3.58. The molecule has 2 aromatic heterocycles. The third-order valence-electron chi connectivity index (χ3n) is 3.72. The van der Waals surface area contributed by atoms with Gasteiger partial charge in [0.05, 0.1) is 10.7 Å². The van der Waals surface area contributed by atoms with Crippen molar-refractivity contribution in [1.29, 1.82) is 0 Å². The summed E-state index contributed by atoms with van der Waals surface area (Å²) in [5, 5.41) is 0.301. The van der Waals surface area contributed by atoms with Crippen LogP contribution in [0.1, 0.15) is 24.3 Å². The standard InChI is InChI=1S/C18H14Cl2FN3O/c1-10-16(5-12(8-24-10)13-6-22-9-23-7-13)25-11(2)17-14(19)3-4-15(21)18(17)20/h3-9,11H,1-2H3/t11-/m1/s1. The van der Waals surface area contributed by atoms with Crippen LogP contribution in [0.4, 0.5) is 4.39 Å². The largest absolute Gasteiger partial charge is 0.484 e. The molecule has 0 N–H and O–H groups in total. The highest BCUT2D eigenvalue weighted by Gasteiger charge is 2.19. The molecule has 0 aliphatic rings. The second kappa shape index (κ2) is 7.33. The SMILES string of the molecule is Cc1ncc(-c2cncnc2)cc1O[C@H](C)c1c(Cl)ccc(F)c1Cl. The van der Waals surface area contributed by atoms with E-state index in [1.807, 2.05) is 13.0 Å². The quantitative estimate of drug-likeness (QED) is 0.568. The van der Waals surface area contributed by atoms with E-state index in [4.69, 9.17) is 27.9 Å². The minimum atomic E-state index is -0.557. The number of rotatable bonds is 4. The normalized spacial score (nSPS) is 12.0. The van der Waals surface area contributed by atoms with E-state index in [0.717, 1.165) is 11.1 Å². The fourth-order valence-corrected chi connectivity index (χ4v) is 3.08. The van der Waals surface area contributed by atoms with Gasteiger partial charge in [0.25, 0.3) is 0 Å². The van der Waals surface area contributed by atoms with E-state index in [0.29, 0.717) is 22.0 Å². The number of hydrogen-bond acceptors (Lipinski definition) is 4. The van der Waals surface area contributed by atoms with Crippen LogP contribution in [0.15, 0.2) is 43.1 Å². The van der Waals surface area contributed by atoms with Crippen molar-refractivity contribution in [3.63, 3.8) is 0 Å². The van der Waals surface area contributed by atoms with Crippen LogP contribution in [0, 0.1) is 12.7 Å². The molecular weight excluding hydrogens is 364 g/mol. The average Bonchev–Trinajstić information content (AvgIpc) is 2.61. The molecule has 0 amide bonds. The van der Waals surface area contributed by atoms with Gasteiger partial charge in [-0.3, -0.25) is 4.98 Å². The third-order valence-corrected chi connectivity index (χ3v) is 4.44. The molecule has 4 nitrogen and oxygen atoms in total. The topological polar surface area (TPSA) is 47.9 Å². The number of benzene rings is 1. The summed E-state index contributed by atoms with van der Waals surface area (Å²) < 4.78 is 19.7. The molecule has 128 valence electrons. The number of ether oxygens (including phenoxy) is 1. The second-order valence-corrected chi connectivity index (χ2v) is 6.24. The average molecular weight is 378 g/mol. The first-order valence-corrected chi connectivity index (χ1v) is 8.25. The molecule has 25 heavy (non-hydrogen) atoms. The smallest absolute Gasteiger partial charge is 0.142 e. The predicted octanol–water partition coefficient (Wildman–Crippen LogP) is 5.43. The van der Waals surface area contributed by atoms with Crippen molar-refractivity contribution in [2.24, 2.45) is 0 Å². The van der Waals surface area contributed by atoms with Gasteiger partial charge in [0.2, 0.25) is 0 Å². The Balaban J connectivity index is 1.94. The van der Waals surface area contributed by atoms with E-state index in [1.165, 1.54) is 18.5 Å². The van der Waals surface area contributed by atoms with Gasteiger partial charge in [-0.1, -0.05) is 23.2 Å². The lowest BCUT2D eigenvalue weighted by atomic mass is 10.1. The van der Waals surface area contributed by atoms with E-state index < -0.39 is 11.9 Å². The Bertz CT molecular complexity index is 906.